The van der Waals surface area contributed by atoms with Gasteiger partial charge in [0, 0.05) is 41.6 Å². The fraction of sp³-hybridized carbons (Fsp3) is 0.292. The minimum Gasteiger partial charge on any atom is -0.477 e. The van der Waals surface area contributed by atoms with Gasteiger partial charge < -0.3 is 19.6 Å². The number of pyridine rings is 1. The Balaban J connectivity index is 1.35. The number of nitrogens with zero attached hydrogens (tertiary/aromatic N) is 4. The number of ether oxygens (including phenoxy) is 1. The second-order valence-corrected chi connectivity index (χ2v) is 8.36. The van der Waals surface area contributed by atoms with Crippen LogP contribution in [0.25, 0.3) is 16.9 Å². The van der Waals surface area contributed by atoms with E-state index in [2.05, 4.69) is 21.4 Å². The lowest BCUT2D eigenvalue weighted by atomic mass is 9.75. The number of aliphatic hydroxyl groups is 1. The molecule has 2 N–H and O–H groups in total. The van der Waals surface area contributed by atoms with Gasteiger partial charge in [-0.05, 0) is 55.9 Å². The molecule has 4 aromatic rings. The third kappa shape index (κ3) is 3.21. The molecule has 0 saturated heterocycles. The summed E-state index contributed by atoms with van der Waals surface area (Å²) < 4.78 is 7.61. The summed E-state index contributed by atoms with van der Waals surface area (Å²) in [6.07, 6.45) is 12.2. The van der Waals surface area contributed by atoms with E-state index in [9.17, 15) is 5.11 Å². The minimum atomic E-state index is -0.657. The standard InChI is InChI=1S/C24H23N5O2/c30-24(8-2-9-24)18-4-6-19(7-5-18)27-21-22-25-10-11-29(22)15-20(28-21)17-13-16-3-1-12-31-23(16)26-14-17/h4-7,10-11,13-15,30H,1-3,8-9,12H2,(H,27,28). The zero-order chi connectivity index (χ0) is 20.8. The Morgan fingerprint density at radius 2 is 1.97 bits per heavy atom. The normalized spacial score (nSPS) is 16.9. The highest BCUT2D eigenvalue weighted by atomic mass is 16.5. The highest BCUT2D eigenvalue weighted by Gasteiger charge is 2.35. The van der Waals surface area contributed by atoms with E-state index >= 15 is 0 Å². The smallest absolute Gasteiger partial charge is 0.216 e. The SMILES string of the molecule is OC1(c2ccc(Nc3nc(-c4cnc5c(c4)CCCO5)cn4ccnc34)cc2)CCC1. The molecule has 1 aliphatic heterocycles. The van der Waals surface area contributed by atoms with Gasteiger partial charge in [0.25, 0.3) is 0 Å². The van der Waals surface area contributed by atoms with Crippen LogP contribution in [0, 0.1) is 0 Å². The quantitative estimate of drug-likeness (QED) is 0.521. The third-order valence-electron chi connectivity index (χ3n) is 6.29. The molecule has 0 atom stereocenters. The Morgan fingerprint density at radius 1 is 1.10 bits per heavy atom. The summed E-state index contributed by atoms with van der Waals surface area (Å²) in [5, 5.41) is 14.0. The second-order valence-electron chi connectivity index (χ2n) is 8.36. The first kappa shape index (κ1) is 18.3. The van der Waals surface area contributed by atoms with Crippen molar-refractivity contribution in [2.24, 2.45) is 0 Å². The number of aromatic nitrogens is 4. The number of rotatable bonds is 4. The zero-order valence-electron chi connectivity index (χ0n) is 17.1. The molecular weight excluding hydrogens is 390 g/mol. The van der Waals surface area contributed by atoms with Crippen LogP contribution in [0.2, 0.25) is 0 Å². The highest BCUT2D eigenvalue weighted by Crippen LogP contribution is 2.41. The van der Waals surface area contributed by atoms with Crippen molar-refractivity contribution in [3.05, 3.63) is 66.2 Å². The van der Waals surface area contributed by atoms with Crippen molar-refractivity contribution in [2.45, 2.75) is 37.7 Å². The first-order chi connectivity index (χ1) is 15.2. The fourth-order valence-electron chi connectivity index (χ4n) is 4.33. The molecule has 156 valence electrons. The Bertz CT molecular complexity index is 1260. The Hall–Kier alpha value is -3.45. The molecular formula is C24H23N5O2. The summed E-state index contributed by atoms with van der Waals surface area (Å²) in [6.45, 7) is 0.725. The van der Waals surface area contributed by atoms with Gasteiger partial charge >= 0.3 is 0 Å². The van der Waals surface area contributed by atoms with Gasteiger partial charge in [-0.15, -0.1) is 0 Å². The maximum Gasteiger partial charge on any atom is 0.216 e. The van der Waals surface area contributed by atoms with Gasteiger partial charge in [0.05, 0.1) is 17.9 Å². The number of imidazole rings is 1. The predicted molar refractivity (Wildman–Crippen MR) is 118 cm³/mol. The molecule has 4 heterocycles. The van der Waals surface area contributed by atoms with Crippen LogP contribution in [0.5, 0.6) is 5.88 Å². The van der Waals surface area contributed by atoms with Crippen LogP contribution in [0.1, 0.15) is 36.8 Å². The van der Waals surface area contributed by atoms with Gasteiger partial charge in [-0.2, -0.15) is 0 Å². The largest absolute Gasteiger partial charge is 0.477 e. The lowest BCUT2D eigenvalue weighted by Crippen LogP contribution is -2.33. The molecule has 3 aromatic heterocycles. The number of hydrogen-bond acceptors (Lipinski definition) is 6. The average Bonchev–Trinajstić information content (AvgIpc) is 3.27. The zero-order valence-corrected chi connectivity index (χ0v) is 17.1. The van der Waals surface area contributed by atoms with Gasteiger partial charge in [-0.3, -0.25) is 0 Å². The third-order valence-corrected chi connectivity index (χ3v) is 6.29. The molecule has 6 rings (SSSR count). The van der Waals surface area contributed by atoms with Gasteiger partial charge in [-0.1, -0.05) is 12.1 Å². The molecule has 0 unspecified atom stereocenters. The van der Waals surface area contributed by atoms with E-state index in [1.165, 1.54) is 0 Å². The molecule has 0 spiro atoms. The van der Waals surface area contributed by atoms with Crippen LogP contribution >= 0.6 is 0 Å². The predicted octanol–water partition coefficient (Wildman–Crippen LogP) is 4.23. The average molecular weight is 413 g/mol. The summed E-state index contributed by atoms with van der Waals surface area (Å²) in [7, 11) is 0. The van der Waals surface area contributed by atoms with E-state index < -0.39 is 5.60 Å². The van der Waals surface area contributed by atoms with E-state index in [-0.39, 0.29) is 0 Å². The van der Waals surface area contributed by atoms with Gasteiger partial charge in [0.15, 0.2) is 11.5 Å². The summed E-state index contributed by atoms with van der Waals surface area (Å²) >= 11 is 0. The highest BCUT2D eigenvalue weighted by molar-refractivity contribution is 5.74. The summed E-state index contributed by atoms with van der Waals surface area (Å²) in [5.74, 6) is 1.40. The van der Waals surface area contributed by atoms with Crippen LogP contribution in [0.4, 0.5) is 11.5 Å². The van der Waals surface area contributed by atoms with Crippen LogP contribution in [0.3, 0.4) is 0 Å². The fourth-order valence-corrected chi connectivity index (χ4v) is 4.33. The molecule has 2 aliphatic rings. The first-order valence-corrected chi connectivity index (χ1v) is 10.7. The number of fused-ring (bicyclic) bond motifs is 2. The molecule has 1 aliphatic carbocycles. The van der Waals surface area contributed by atoms with Crippen molar-refractivity contribution in [1.82, 2.24) is 19.4 Å². The van der Waals surface area contributed by atoms with Crippen molar-refractivity contribution in [3.8, 4) is 17.1 Å². The van der Waals surface area contributed by atoms with Gasteiger partial charge in [0.1, 0.15) is 0 Å². The number of nitrogens with one attached hydrogen (secondary N) is 1. The Kier molecular flexibility index (Phi) is 4.17. The van der Waals surface area contributed by atoms with E-state index in [4.69, 9.17) is 9.72 Å². The van der Waals surface area contributed by atoms with Gasteiger partial charge in [-0.25, -0.2) is 15.0 Å². The van der Waals surface area contributed by atoms with Crippen molar-refractivity contribution in [3.63, 3.8) is 0 Å². The van der Waals surface area contributed by atoms with Crippen LogP contribution in [-0.2, 0) is 12.0 Å². The molecule has 7 nitrogen and oxygen atoms in total. The molecule has 0 bridgehead atoms. The second kappa shape index (κ2) is 7.06. The number of hydrogen-bond donors (Lipinski definition) is 2. The number of aryl methyl sites for hydroxylation is 1. The van der Waals surface area contributed by atoms with Crippen LogP contribution in [-0.4, -0.2) is 31.1 Å². The first-order valence-electron chi connectivity index (χ1n) is 10.7. The summed E-state index contributed by atoms with van der Waals surface area (Å²) in [5.41, 5.74) is 4.85. The van der Waals surface area contributed by atoms with Crippen molar-refractivity contribution >= 4 is 17.2 Å². The lowest BCUT2D eigenvalue weighted by Gasteiger charge is -2.37. The minimum absolute atomic E-state index is 0.657. The lowest BCUT2D eigenvalue weighted by molar-refractivity contribution is -0.0387. The van der Waals surface area contributed by atoms with E-state index in [0.29, 0.717) is 5.82 Å². The van der Waals surface area contributed by atoms with Crippen molar-refractivity contribution < 1.29 is 9.84 Å². The van der Waals surface area contributed by atoms with E-state index in [0.717, 1.165) is 78.3 Å². The maximum absolute atomic E-state index is 10.6. The maximum atomic E-state index is 10.6. The molecule has 0 amide bonds. The molecule has 31 heavy (non-hydrogen) atoms. The Morgan fingerprint density at radius 3 is 2.77 bits per heavy atom. The van der Waals surface area contributed by atoms with Crippen molar-refractivity contribution in [1.29, 1.82) is 0 Å². The summed E-state index contributed by atoms with van der Waals surface area (Å²) in [4.78, 5) is 13.8. The molecule has 1 fully saturated rings. The molecule has 7 heteroatoms. The van der Waals surface area contributed by atoms with E-state index in [1.54, 1.807) is 6.20 Å². The Labute approximate surface area is 179 Å². The van der Waals surface area contributed by atoms with E-state index in [1.807, 2.05) is 47.3 Å². The van der Waals surface area contributed by atoms with Gasteiger partial charge in [0.2, 0.25) is 5.88 Å². The molecule has 1 saturated carbocycles. The monoisotopic (exact) mass is 413 g/mol. The number of benzene rings is 1. The van der Waals surface area contributed by atoms with Crippen LogP contribution < -0.4 is 10.1 Å². The van der Waals surface area contributed by atoms with Crippen LogP contribution in [0.15, 0.2) is 55.1 Å². The number of anilines is 2. The topological polar surface area (TPSA) is 84.6 Å². The molecule has 1 aromatic carbocycles. The molecule has 0 radical (unpaired) electrons. The summed E-state index contributed by atoms with van der Waals surface area (Å²) in [6, 6.07) is 10.1. The van der Waals surface area contributed by atoms with Crippen molar-refractivity contribution in [2.75, 3.05) is 11.9 Å².